The number of piperazine rings is 1. The van der Waals surface area contributed by atoms with Crippen LogP contribution in [-0.4, -0.2) is 73.0 Å². The van der Waals surface area contributed by atoms with E-state index in [0.717, 1.165) is 44.4 Å². The smallest absolute Gasteiger partial charge is 0.257 e. The molecule has 2 aliphatic rings. The number of likely N-dealkylation sites (N-methyl/N-ethyl adjacent to an activating group) is 1. The molecule has 0 aliphatic carbocycles. The van der Waals surface area contributed by atoms with E-state index < -0.39 is 17.5 Å². The van der Waals surface area contributed by atoms with Crippen LogP contribution in [0.2, 0.25) is 0 Å². The molecule has 1 amide bonds. The van der Waals surface area contributed by atoms with Gasteiger partial charge in [-0.2, -0.15) is 0 Å². The molecule has 0 radical (unpaired) electrons. The maximum Gasteiger partial charge on any atom is 0.257 e. The summed E-state index contributed by atoms with van der Waals surface area (Å²) in [7, 11) is 2.18. The number of piperidine rings is 1. The molecule has 2 aliphatic heterocycles. The second-order valence-corrected chi connectivity index (χ2v) is 6.85. The lowest BCUT2D eigenvalue weighted by molar-refractivity contribution is 0.0560. The predicted molar refractivity (Wildman–Crippen MR) is 89.0 cm³/mol. The van der Waals surface area contributed by atoms with Crippen molar-refractivity contribution in [3.8, 4) is 0 Å². The van der Waals surface area contributed by atoms with Gasteiger partial charge in [-0.25, -0.2) is 8.78 Å². The first-order valence-corrected chi connectivity index (χ1v) is 8.71. The molecule has 0 saturated carbocycles. The average molecular weight is 337 g/mol. The number of amides is 1. The van der Waals surface area contributed by atoms with Crippen LogP contribution in [0.3, 0.4) is 0 Å². The van der Waals surface area contributed by atoms with E-state index in [-0.39, 0.29) is 5.56 Å². The van der Waals surface area contributed by atoms with E-state index >= 15 is 0 Å². The molecule has 4 nitrogen and oxygen atoms in total. The molecule has 2 fully saturated rings. The Balaban J connectivity index is 1.54. The molecular formula is C18H25F2N3O. The van der Waals surface area contributed by atoms with Crippen molar-refractivity contribution in [3.05, 3.63) is 35.4 Å². The maximum atomic E-state index is 13.8. The molecular weight excluding hydrogens is 312 g/mol. The van der Waals surface area contributed by atoms with Crippen molar-refractivity contribution in [2.45, 2.75) is 25.3 Å². The number of rotatable bonds is 3. The Bertz CT molecular complexity index is 588. The molecule has 2 heterocycles. The summed E-state index contributed by atoms with van der Waals surface area (Å²) in [6, 6.07) is 3.62. The summed E-state index contributed by atoms with van der Waals surface area (Å²) in [5, 5.41) is 0. The number of nitrogens with zero attached hydrogens (tertiary/aromatic N) is 3. The first kappa shape index (κ1) is 17.3. The minimum atomic E-state index is -0.660. The van der Waals surface area contributed by atoms with Crippen LogP contribution in [0.5, 0.6) is 0 Å². The molecule has 6 heteroatoms. The molecule has 0 N–H and O–H groups in total. The molecule has 24 heavy (non-hydrogen) atoms. The first-order valence-electron chi connectivity index (χ1n) is 8.71. The molecule has 1 aromatic rings. The van der Waals surface area contributed by atoms with Crippen LogP contribution in [0.25, 0.3) is 0 Å². The molecule has 2 saturated heterocycles. The zero-order chi connectivity index (χ0) is 17.1. The number of likely N-dealkylation sites (tertiary alicyclic amines) is 1. The second kappa shape index (κ2) is 7.57. The molecule has 0 spiro atoms. The van der Waals surface area contributed by atoms with Crippen LogP contribution < -0.4 is 0 Å². The number of benzene rings is 1. The molecule has 1 atom stereocenters. The Morgan fingerprint density at radius 2 is 1.88 bits per heavy atom. The summed E-state index contributed by atoms with van der Waals surface area (Å²) in [5.74, 6) is -1.66. The molecule has 0 unspecified atom stereocenters. The molecule has 132 valence electrons. The van der Waals surface area contributed by atoms with Crippen LogP contribution in [0, 0.1) is 11.6 Å². The van der Waals surface area contributed by atoms with Gasteiger partial charge in [0.15, 0.2) is 0 Å². The van der Waals surface area contributed by atoms with Gasteiger partial charge in [0.25, 0.3) is 5.91 Å². The van der Waals surface area contributed by atoms with E-state index in [1.807, 2.05) is 0 Å². The van der Waals surface area contributed by atoms with Gasteiger partial charge in [0.1, 0.15) is 11.6 Å². The van der Waals surface area contributed by atoms with Crippen molar-refractivity contribution in [3.63, 3.8) is 0 Å². The highest BCUT2D eigenvalue weighted by Gasteiger charge is 2.27. The van der Waals surface area contributed by atoms with Gasteiger partial charge in [-0.1, -0.05) is 6.42 Å². The Hall–Kier alpha value is -1.53. The number of halogens is 2. The van der Waals surface area contributed by atoms with Crippen molar-refractivity contribution in [1.29, 1.82) is 0 Å². The van der Waals surface area contributed by atoms with Crippen molar-refractivity contribution in [2.24, 2.45) is 0 Å². The zero-order valence-electron chi connectivity index (χ0n) is 14.2. The molecule has 1 aromatic carbocycles. The SMILES string of the molecule is CN1CCCC[C@@H]1CN1CCN(C(=O)c2cc(F)ccc2F)CC1. The third kappa shape index (κ3) is 3.92. The van der Waals surface area contributed by atoms with Crippen LogP contribution >= 0.6 is 0 Å². The summed E-state index contributed by atoms with van der Waals surface area (Å²) < 4.78 is 27.1. The highest BCUT2D eigenvalue weighted by Crippen LogP contribution is 2.18. The maximum absolute atomic E-state index is 13.8. The van der Waals surface area contributed by atoms with Crippen LogP contribution in [0.4, 0.5) is 8.78 Å². The fraction of sp³-hybridized carbons (Fsp3) is 0.611. The Kier molecular flexibility index (Phi) is 5.46. The topological polar surface area (TPSA) is 26.8 Å². The van der Waals surface area contributed by atoms with E-state index in [9.17, 15) is 13.6 Å². The van der Waals surface area contributed by atoms with Gasteiger partial charge >= 0.3 is 0 Å². The Morgan fingerprint density at radius 1 is 1.12 bits per heavy atom. The minimum Gasteiger partial charge on any atom is -0.336 e. The largest absolute Gasteiger partial charge is 0.336 e. The summed E-state index contributed by atoms with van der Waals surface area (Å²) in [5.41, 5.74) is -0.171. The van der Waals surface area contributed by atoms with Crippen LogP contribution in [0.1, 0.15) is 29.6 Å². The summed E-state index contributed by atoms with van der Waals surface area (Å²) in [6.07, 6.45) is 3.78. The minimum absolute atomic E-state index is 0.171. The Morgan fingerprint density at radius 3 is 2.58 bits per heavy atom. The number of carbonyl (C=O) groups excluding carboxylic acids is 1. The van der Waals surface area contributed by atoms with Crippen molar-refractivity contribution in [1.82, 2.24) is 14.7 Å². The fourth-order valence-corrected chi connectivity index (χ4v) is 3.64. The zero-order valence-corrected chi connectivity index (χ0v) is 14.2. The van der Waals surface area contributed by atoms with Gasteiger partial charge in [0.2, 0.25) is 0 Å². The standard InChI is InChI=1S/C18H25F2N3O/c1-21-7-3-2-4-15(21)13-22-8-10-23(11-9-22)18(24)16-12-14(19)5-6-17(16)20/h5-6,12,15H,2-4,7-11,13H2,1H3/t15-/m1/s1. The van der Waals surface area contributed by atoms with E-state index in [1.54, 1.807) is 4.90 Å². The fourth-order valence-electron chi connectivity index (χ4n) is 3.64. The lowest BCUT2D eigenvalue weighted by Gasteiger charge is -2.40. The van der Waals surface area contributed by atoms with Gasteiger partial charge in [-0.15, -0.1) is 0 Å². The van der Waals surface area contributed by atoms with Crippen molar-refractivity contribution in [2.75, 3.05) is 46.3 Å². The third-order valence-electron chi connectivity index (χ3n) is 5.21. The highest BCUT2D eigenvalue weighted by molar-refractivity contribution is 5.94. The monoisotopic (exact) mass is 337 g/mol. The lowest BCUT2D eigenvalue weighted by atomic mass is 10.0. The Labute approximate surface area is 142 Å². The highest BCUT2D eigenvalue weighted by atomic mass is 19.1. The quantitative estimate of drug-likeness (QED) is 0.846. The summed E-state index contributed by atoms with van der Waals surface area (Å²) >= 11 is 0. The van der Waals surface area contributed by atoms with E-state index in [1.165, 1.54) is 19.3 Å². The summed E-state index contributed by atoms with van der Waals surface area (Å²) in [4.78, 5) is 18.8. The van der Waals surface area contributed by atoms with Crippen molar-refractivity contribution >= 4 is 5.91 Å². The molecule has 0 aromatic heterocycles. The van der Waals surface area contributed by atoms with Gasteiger partial charge in [0.05, 0.1) is 5.56 Å². The van der Waals surface area contributed by atoms with Gasteiger partial charge in [0, 0.05) is 38.8 Å². The van der Waals surface area contributed by atoms with Gasteiger partial charge in [-0.05, 0) is 44.6 Å². The van der Waals surface area contributed by atoms with Crippen LogP contribution in [-0.2, 0) is 0 Å². The lowest BCUT2D eigenvalue weighted by Crippen LogP contribution is -2.53. The first-order chi connectivity index (χ1) is 11.5. The normalized spacial score (nSPS) is 23.5. The van der Waals surface area contributed by atoms with Crippen molar-refractivity contribution < 1.29 is 13.6 Å². The molecule has 0 bridgehead atoms. The molecule has 3 rings (SSSR count). The van der Waals surface area contributed by atoms with Gasteiger partial charge < -0.3 is 9.80 Å². The third-order valence-corrected chi connectivity index (χ3v) is 5.21. The van der Waals surface area contributed by atoms with E-state index in [0.29, 0.717) is 19.1 Å². The number of hydrogen-bond donors (Lipinski definition) is 0. The van der Waals surface area contributed by atoms with E-state index in [4.69, 9.17) is 0 Å². The number of hydrogen-bond acceptors (Lipinski definition) is 3. The van der Waals surface area contributed by atoms with Crippen LogP contribution in [0.15, 0.2) is 18.2 Å². The second-order valence-electron chi connectivity index (χ2n) is 6.85. The summed E-state index contributed by atoms with van der Waals surface area (Å²) in [6.45, 7) is 4.87. The van der Waals surface area contributed by atoms with Gasteiger partial charge in [-0.3, -0.25) is 9.69 Å². The van der Waals surface area contributed by atoms with E-state index in [2.05, 4.69) is 16.8 Å². The predicted octanol–water partition coefficient (Wildman–Crippen LogP) is 2.21. The average Bonchev–Trinajstić information content (AvgIpc) is 2.59. The number of carbonyl (C=O) groups is 1.